The Bertz CT molecular complexity index is 453. The first-order chi connectivity index (χ1) is 7.79. The standard InChI is InChI=1S/C13H16Cl2N2/c1-13(2,3)6-4-5-11(16)12-10(15)7-9(14)8-17-12/h7-8,11H,5,16H2,1-3H3. The Kier molecular flexibility index (Phi) is 4.82. The van der Waals surface area contributed by atoms with Crippen LogP contribution in [0.5, 0.6) is 0 Å². The van der Waals surface area contributed by atoms with E-state index >= 15 is 0 Å². The summed E-state index contributed by atoms with van der Waals surface area (Å²) in [4.78, 5) is 4.14. The highest BCUT2D eigenvalue weighted by atomic mass is 35.5. The number of halogens is 2. The first-order valence-electron chi connectivity index (χ1n) is 5.36. The Labute approximate surface area is 113 Å². The van der Waals surface area contributed by atoms with Gasteiger partial charge in [-0.05, 0) is 26.8 Å². The average molecular weight is 271 g/mol. The lowest BCUT2D eigenvalue weighted by Gasteiger charge is -2.11. The van der Waals surface area contributed by atoms with Crippen LogP contribution in [0.25, 0.3) is 0 Å². The van der Waals surface area contributed by atoms with E-state index in [4.69, 9.17) is 28.9 Å². The molecule has 0 fully saturated rings. The molecule has 1 rings (SSSR count). The van der Waals surface area contributed by atoms with Crippen LogP contribution < -0.4 is 5.73 Å². The van der Waals surface area contributed by atoms with Gasteiger partial charge in [0.2, 0.25) is 0 Å². The lowest BCUT2D eigenvalue weighted by atomic mass is 9.97. The maximum atomic E-state index is 6.02. The van der Waals surface area contributed by atoms with Crippen LogP contribution in [0.3, 0.4) is 0 Å². The third kappa shape index (κ3) is 4.95. The predicted octanol–water partition coefficient (Wildman–Crippen LogP) is 3.83. The minimum atomic E-state index is -0.283. The number of nitrogens with two attached hydrogens (primary N) is 1. The van der Waals surface area contributed by atoms with Gasteiger partial charge < -0.3 is 5.73 Å². The van der Waals surface area contributed by atoms with Crippen molar-refractivity contribution >= 4 is 23.2 Å². The molecule has 0 aliphatic rings. The summed E-state index contributed by atoms with van der Waals surface area (Å²) in [7, 11) is 0. The third-order valence-corrected chi connectivity index (χ3v) is 2.48. The van der Waals surface area contributed by atoms with Crippen molar-refractivity contribution in [3.8, 4) is 11.8 Å². The number of pyridine rings is 1. The Hall–Kier alpha value is -0.750. The first kappa shape index (κ1) is 14.3. The highest BCUT2D eigenvalue weighted by Gasteiger charge is 2.11. The number of hydrogen-bond acceptors (Lipinski definition) is 2. The SMILES string of the molecule is CC(C)(C)C#CCC(N)c1ncc(Cl)cc1Cl. The summed E-state index contributed by atoms with van der Waals surface area (Å²) in [5, 5.41) is 0.995. The van der Waals surface area contributed by atoms with E-state index in [1.165, 1.54) is 0 Å². The summed E-state index contributed by atoms with van der Waals surface area (Å²) in [5.41, 5.74) is 6.60. The Balaban J connectivity index is 2.76. The van der Waals surface area contributed by atoms with Gasteiger partial charge in [0.05, 0.1) is 21.8 Å². The smallest absolute Gasteiger partial charge is 0.0767 e. The molecule has 1 unspecified atom stereocenters. The largest absolute Gasteiger partial charge is 0.322 e. The highest BCUT2D eigenvalue weighted by Crippen LogP contribution is 2.24. The topological polar surface area (TPSA) is 38.9 Å². The molecule has 4 heteroatoms. The highest BCUT2D eigenvalue weighted by molar-refractivity contribution is 6.34. The minimum absolute atomic E-state index is 0.0169. The van der Waals surface area contributed by atoms with Crippen molar-refractivity contribution in [3.05, 3.63) is 28.0 Å². The lowest BCUT2D eigenvalue weighted by Crippen LogP contribution is -2.12. The van der Waals surface area contributed by atoms with Crippen LogP contribution in [0.1, 0.15) is 38.9 Å². The van der Waals surface area contributed by atoms with Crippen LogP contribution in [0.15, 0.2) is 12.3 Å². The molecule has 0 spiro atoms. The van der Waals surface area contributed by atoms with E-state index in [-0.39, 0.29) is 11.5 Å². The van der Waals surface area contributed by atoms with Crippen molar-refractivity contribution in [1.29, 1.82) is 0 Å². The molecule has 1 atom stereocenters. The second kappa shape index (κ2) is 5.73. The fourth-order valence-corrected chi connectivity index (χ4v) is 1.74. The van der Waals surface area contributed by atoms with Crippen molar-refractivity contribution in [2.24, 2.45) is 11.1 Å². The number of nitrogens with zero attached hydrogens (tertiary/aromatic N) is 1. The zero-order chi connectivity index (χ0) is 13.1. The summed E-state index contributed by atoms with van der Waals surface area (Å²) < 4.78 is 0. The molecule has 0 saturated heterocycles. The quantitative estimate of drug-likeness (QED) is 0.830. The van der Waals surface area contributed by atoms with Gasteiger partial charge in [0.1, 0.15) is 0 Å². The molecule has 2 N–H and O–H groups in total. The van der Waals surface area contributed by atoms with Gasteiger partial charge >= 0.3 is 0 Å². The van der Waals surface area contributed by atoms with Crippen LogP contribution in [0.4, 0.5) is 0 Å². The van der Waals surface area contributed by atoms with Crippen LogP contribution in [0.2, 0.25) is 10.0 Å². The number of rotatable bonds is 2. The molecule has 17 heavy (non-hydrogen) atoms. The van der Waals surface area contributed by atoms with Crippen molar-refractivity contribution in [3.63, 3.8) is 0 Å². The molecular weight excluding hydrogens is 255 g/mol. The molecule has 0 saturated carbocycles. The van der Waals surface area contributed by atoms with Gasteiger partial charge in [0, 0.05) is 18.0 Å². The minimum Gasteiger partial charge on any atom is -0.322 e. The van der Waals surface area contributed by atoms with Gasteiger partial charge in [-0.1, -0.05) is 29.1 Å². The maximum Gasteiger partial charge on any atom is 0.0767 e. The Morgan fingerprint density at radius 3 is 2.59 bits per heavy atom. The van der Waals surface area contributed by atoms with E-state index in [9.17, 15) is 0 Å². The van der Waals surface area contributed by atoms with E-state index in [0.29, 0.717) is 22.2 Å². The third-order valence-electron chi connectivity index (χ3n) is 1.97. The van der Waals surface area contributed by atoms with Gasteiger partial charge in [-0.25, -0.2) is 0 Å². The molecule has 92 valence electrons. The summed E-state index contributed by atoms with van der Waals surface area (Å²) in [6.45, 7) is 6.16. The molecule has 0 radical (unpaired) electrons. The molecule has 0 aliphatic heterocycles. The second-order valence-corrected chi connectivity index (χ2v) is 5.73. The second-order valence-electron chi connectivity index (χ2n) is 4.88. The molecule has 1 heterocycles. The van der Waals surface area contributed by atoms with Crippen molar-refractivity contribution in [2.75, 3.05) is 0 Å². The zero-order valence-electron chi connectivity index (χ0n) is 10.2. The molecule has 0 bridgehead atoms. The Morgan fingerprint density at radius 1 is 1.41 bits per heavy atom. The monoisotopic (exact) mass is 270 g/mol. The molecular formula is C13H16Cl2N2. The first-order valence-corrected chi connectivity index (χ1v) is 6.12. The van der Waals surface area contributed by atoms with E-state index in [2.05, 4.69) is 37.6 Å². The van der Waals surface area contributed by atoms with Crippen LogP contribution >= 0.6 is 23.2 Å². The average Bonchev–Trinajstić information content (AvgIpc) is 2.15. The fraction of sp³-hybridized carbons (Fsp3) is 0.462. The van der Waals surface area contributed by atoms with E-state index in [0.717, 1.165) is 0 Å². The van der Waals surface area contributed by atoms with Crippen LogP contribution in [-0.4, -0.2) is 4.98 Å². The van der Waals surface area contributed by atoms with Gasteiger partial charge in [-0.15, -0.1) is 5.92 Å². The lowest BCUT2D eigenvalue weighted by molar-refractivity contribution is 0.569. The number of aromatic nitrogens is 1. The fourth-order valence-electron chi connectivity index (χ4n) is 1.22. The summed E-state index contributed by atoms with van der Waals surface area (Å²) >= 11 is 11.8. The van der Waals surface area contributed by atoms with Gasteiger partial charge in [-0.2, -0.15) is 0 Å². The van der Waals surface area contributed by atoms with Crippen molar-refractivity contribution in [2.45, 2.75) is 33.2 Å². The summed E-state index contributed by atoms with van der Waals surface area (Å²) in [5.74, 6) is 6.19. The maximum absolute atomic E-state index is 6.02. The molecule has 2 nitrogen and oxygen atoms in total. The van der Waals surface area contributed by atoms with Crippen LogP contribution in [0, 0.1) is 17.3 Å². The predicted molar refractivity (Wildman–Crippen MR) is 73.0 cm³/mol. The summed E-state index contributed by atoms with van der Waals surface area (Å²) in [6, 6.07) is 1.36. The Morgan fingerprint density at radius 2 is 2.06 bits per heavy atom. The summed E-state index contributed by atoms with van der Waals surface area (Å²) in [6.07, 6.45) is 2.07. The van der Waals surface area contributed by atoms with Gasteiger partial charge in [0.25, 0.3) is 0 Å². The molecule has 0 amide bonds. The molecule has 1 aromatic rings. The number of hydrogen-bond donors (Lipinski definition) is 1. The van der Waals surface area contributed by atoms with Gasteiger partial charge in [0.15, 0.2) is 0 Å². The zero-order valence-corrected chi connectivity index (χ0v) is 11.7. The normalized spacial score (nSPS) is 12.8. The van der Waals surface area contributed by atoms with Crippen LogP contribution in [-0.2, 0) is 0 Å². The molecule has 0 aromatic carbocycles. The molecule has 1 aromatic heterocycles. The van der Waals surface area contributed by atoms with Gasteiger partial charge in [-0.3, -0.25) is 4.98 Å². The van der Waals surface area contributed by atoms with E-state index in [1.807, 2.05) is 0 Å². The van der Waals surface area contributed by atoms with Crippen molar-refractivity contribution in [1.82, 2.24) is 4.98 Å². The molecule has 0 aliphatic carbocycles. The van der Waals surface area contributed by atoms with Crippen molar-refractivity contribution < 1.29 is 0 Å². The van der Waals surface area contributed by atoms with E-state index < -0.39 is 0 Å². The van der Waals surface area contributed by atoms with E-state index in [1.54, 1.807) is 12.3 Å².